The zero-order chi connectivity index (χ0) is 21.7. The zero-order valence-electron chi connectivity index (χ0n) is 17.4. The van der Waals surface area contributed by atoms with Crippen LogP contribution in [-0.2, 0) is 23.7 Å². The quantitative estimate of drug-likeness (QED) is 0.725. The summed E-state index contributed by atoms with van der Waals surface area (Å²) in [6, 6.07) is 5.75. The maximum atomic E-state index is 12.1. The van der Waals surface area contributed by atoms with Crippen molar-refractivity contribution in [3.8, 4) is 6.07 Å². The summed E-state index contributed by atoms with van der Waals surface area (Å²) in [6.07, 6.45) is -0.435. The Morgan fingerprint density at radius 3 is 2.83 bits per heavy atom. The van der Waals surface area contributed by atoms with E-state index >= 15 is 0 Å². The number of esters is 1. The summed E-state index contributed by atoms with van der Waals surface area (Å²) in [7, 11) is 0. The number of fused-ring (bicyclic) bond motifs is 2. The van der Waals surface area contributed by atoms with E-state index in [2.05, 4.69) is 16.2 Å². The van der Waals surface area contributed by atoms with E-state index < -0.39 is 35.7 Å². The summed E-state index contributed by atoms with van der Waals surface area (Å²) in [6.45, 7) is 7.12. The molecule has 0 amide bonds. The summed E-state index contributed by atoms with van der Waals surface area (Å²) in [4.78, 5) is 16.1. The molecular weight excluding hydrogens is 390 g/mol. The Labute approximate surface area is 173 Å². The predicted octanol–water partition coefficient (Wildman–Crippen LogP) is 1.75. The molecule has 0 radical (unpaired) electrons. The molecule has 0 saturated carbocycles. The van der Waals surface area contributed by atoms with Gasteiger partial charge in [-0.2, -0.15) is 10.4 Å². The molecule has 0 unspecified atom stereocenters. The summed E-state index contributed by atoms with van der Waals surface area (Å²) < 4.78 is 25.3. The van der Waals surface area contributed by atoms with Crippen molar-refractivity contribution < 1.29 is 23.7 Å². The van der Waals surface area contributed by atoms with Crippen LogP contribution < -0.4 is 5.73 Å². The Morgan fingerprint density at radius 1 is 1.37 bits per heavy atom. The summed E-state index contributed by atoms with van der Waals surface area (Å²) in [5, 5.41) is 14.3. The van der Waals surface area contributed by atoms with Gasteiger partial charge in [-0.25, -0.2) is 9.50 Å². The van der Waals surface area contributed by atoms with Crippen LogP contribution in [0.3, 0.4) is 0 Å². The van der Waals surface area contributed by atoms with E-state index in [-0.39, 0.29) is 18.9 Å². The molecule has 10 nitrogen and oxygen atoms in total. The van der Waals surface area contributed by atoms with E-state index in [4.69, 9.17) is 24.7 Å². The fraction of sp³-hybridized carbons (Fsp3) is 0.600. The van der Waals surface area contributed by atoms with Gasteiger partial charge in [0.15, 0.2) is 11.6 Å². The molecule has 2 aliphatic heterocycles. The molecule has 2 saturated heterocycles. The maximum absolute atomic E-state index is 12.1. The first kappa shape index (κ1) is 20.5. The predicted molar refractivity (Wildman–Crippen MR) is 104 cm³/mol. The van der Waals surface area contributed by atoms with Gasteiger partial charge in [0.05, 0.1) is 5.69 Å². The second-order valence-electron chi connectivity index (χ2n) is 8.52. The lowest BCUT2D eigenvalue weighted by molar-refractivity contribution is -0.208. The highest BCUT2D eigenvalue weighted by Crippen LogP contribution is 2.50. The first-order chi connectivity index (χ1) is 14.2. The van der Waals surface area contributed by atoms with E-state index in [1.165, 1.54) is 6.33 Å². The van der Waals surface area contributed by atoms with Crippen molar-refractivity contribution in [3.05, 3.63) is 24.2 Å². The number of nitrogens with two attached hydrogens (primary N) is 1. The Bertz CT molecular complexity index is 1010. The van der Waals surface area contributed by atoms with Crippen LogP contribution in [0.1, 0.15) is 45.9 Å². The molecule has 4 atom stereocenters. The molecular formula is C20H25N5O5. The van der Waals surface area contributed by atoms with Crippen molar-refractivity contribution in [1.82, 2.24) is 14.6 Å². The van der Waals surface area contributed by atoms with Crippen molar-refractivity contribution in [2.24, 2.45) is 5.92 Å². The molecule has 10 heteroatoms. The van der Waals surface area contributed by atoms with E-state index in [0.717, 1.165) is 0 Å². The third-order valence-corrected chi connectivity index (χ3v) is 5.24. The van der Waals surface area contributed by atoms with Gasteiger partial charge in [0.25, 0.3) is 0 Å². The van der Waals surface area contributed by atoms with Gasteiger partial charge in [-0.3, -0.25) is 4.79 Å². The third kappa shape index (κ3) is 3.39. The van der Waals surface area contributed by atoms with Gasteiger partial charge >= 0.3 is 5.97 Å². The lowest BCUT2D eigenvalue weighted by Gasteiger charge is -2.28. The minimum Gasteiger partial charge on any atom is -0.461 e. The largest absolute Gasteiger partial charge is 0.461 e. The van der Waals surface area contributed by atoms with Crippen LogP contribution in [0.2, 0.25) is 0 Å². The highest BCUT2D eigenvalue weighted by molar-refractivity contribution is 5.69. The molecule has 0 aromatic carbocycles. The normalized spacial score (nSPS) is 29.8. The standard InChI is InChI=1S/C20H25N5O5/c1-11(2)7-14(26)27-9-20(8-21)17-16(28-19(3,4)30-17)15(29-20)12-5-6-13-18(22)23-10-24-25(12)13/h5-6,10-11,15-17H,7,9H2,1-4H3,(H2,22,23,24)/t15-,16-,17-,20+/m0/s1. The highest BCUT2D eigenvalue weighted by Gasteiger charge is 2.65. The van der Waals surface area contributed by atoms with E-state index in [1.807, 2.05) is 13.8 Å². The summed E-state index contributed by atoms with van der Waals surface area (Å²) in [5.41, 5.74) is 5.68. The van der Waals surface area contributed by atoms with Gasteiger partial charge in [-0.1, -0.05) is 13.8 Å². The number of hydrogen-bond acceptors (Lipinski definition) is 9. The molecule has 2 fully saturated rings. The van der Waals surface area contributed by atoms with Crippen LogP contribution in [0.4, 0.5) is 5.82 Å². The second-order valence-corrected chi connectivity index (χ2v) is 8.52. The maximum Gasteiger partial charge on any atom is 0.306 e. The Hall–Kier alpha value is -2.74. The summed E-state index contributed by atoms with van der Waals surface area (Å²) >= 11 is 0. The van der Waals surface area contributed by atoms with Gasteiger partial charge in [0.1, 0.15) is 42.8 Å². The number of nitriles is 1. The molecule has 0 aliphatic carbocycles. The lowest BCUT2D eigenvalue weighted by Crippen LogP contribution is -2.46. The Kier molecular flexibility index (Phi) is 4.92. The smallest absolute Gasteiger partial charge is 0.306 e. The lowest BCUT2D eigenvalue weighted by atomic mass is 9.96. The SMILES string of the molecule is CC(C)CC(=O)OC[C@@]1(C#N)O[C@@H](c2ccc3c(N)ncnn23)[C@@H]2OC(C)(C)O[C@@H]21. The monoisotopic (exact) mass is 415 g/mol. The Morgan fingerprint density at radius 2 is 2.13 bits per heavy atom. The molecule has 4 rings (SSSR count). The van der Waals surface area contributed by atoms with E-state index in [0.29, 0.717) is 17.0 Å². The Balaban J connectivity index is 1.68. The van der Waals surface area contributed by atoms with Crippen LogP contribution in [-0.4, -0.2) is 50.8 Å². The zero-order valence-corrected chi connectivity index (χ0v) is 17.4. The first-order valence-electron chi connectivity index (χ1n) is 9.84. The van der Waals surface area contributed by atoms with Gasteiger partial charge in [-0.15, -0.1) is 0 Å². The molecule has 160 valence electrons. The molecule has 4 heterocycles. The van der Waals surface area contributed by atoms with Crippen LogP contribution in [0, 0.1) is 17.2 Å². The van der Waals surface area contributed by atoms with Gasteiger partial charge in [0, 0.05) is 6.42 Å². The van der Waals surface area contributed by atoms with Crippen molar-refractivity contribution in [2.45, 2.75) is 63.8 Å². The molecule has 2 aromatic heterocycles. The van der Waals surface area contributed by atoms with Gasteiger partial charge in [-0.05, 0) is 31.9 Å². The van der Waals surface area contributed by atoms with Gasteiger partial charge in [0.2, 0.25) is 5.60 Å². The number of nitrogen functional groups attached to an aromatic ring is 1. The van der Waals surface area contributed by atoms with Crippen LogP contribution in [0.15, 0.2) is 18.5 Å². The fourth-order valence-corrected chi connectivity index (χ4v) is 3.97. The number of nitrogens with zero attached hydrogens (tertiary/aromatic N) is 4. The van der Waals surface area contributed by atoms with Crippen LogP contribution >= 0.6 is 0 Å². The second kappa shape index (κ2) is 7.19. The summed E-state index contributed by atoms with van der Waals surface area (Å²) in [5.74, 6) is -0.857. The van der Waals surface area contributed by atoms with E-state index in [9.17, 15) is 10.1 Å². The molecule has 2 aliphatic rings. The molecule has 30 heavy (non-hydrogen) atoms. The minimum absolute atomic E-state index is 0.141. The van der Waals surface area contributed by atoms with Crippen molar-refractivity contribution in [3.63, 3.8) is 0 Å². The van der Waals surface area contributed by atoms with E-state index in [1.54, 1.807) is 30.5 Å². The van der Waals surface area contributed by atoms with Crippen molar-refractivity contribution in [2.75, 3.05) is 12.3 Å². The topological polar surface area (TPSA) is 134 Å². The van der Waals surface area contributed by atoms with Crippen molar-refractivity contribution >= 4 is 17.3 Å². The molecule has 0 bridgehead atoms. The number of rotatable bonds is 5. The number of anilines is 1. The molecule has 2 aromatic rings. The molecule has 2 N–H and O–H groups in total. The average Bonchev–Trinajstić information content (AvgIpc) is 3.31. The number of hydrogen-bond donors (Lipinski definition) is 1. The van der Waals surface area contributed by atoms with Crippen LogP contribution in [0.25, 0.3) is 5.52 Å². The average molecular weight is 415 g/mol. The third-order valence-electron chi connectivity index (χ3n) is 5.24. The number of aromatic nitrogens is 3. The fourth-order valence-electron chi connectivity index (χ4n) is 3.97. The van der Waals surface area contributed by atoms with Crippen molar-refractivity contribution in [1.29, 1.82) is 5.26 Å². The number of ether oxygens (including phenoxy) is 4. The highest BCUT2D eigenvalue weighted by atomic mass is 16.8. The number of carbonyl (C=O) groups is 1. The minimum atomic E-state index is -1.52. The number of carbonyl (C=O) groups excluding carboxylic acids is 1. The van der Waals surface area contributed by atoms with Crippen LogP contribution in [0.5, 0.6) is 0 Å². The molecule has 0 spiro atoms. The van der Waals surface area contributed by atoms with Gasteiger partial charge < -0.3 is 24.7 Å². The first-order valence-corrected chi connectivity index (χ1v) is 9.84.